The van der Waals surface area contributed by atoms with Gasteiger partial charge in [-0.25, -0.2) is 0 Å². The molecule has 1 aromatic carbocycles. The van der Waals surface area contributed by atoms with Gasteiger partial charge >= 0.3 is 294 Å². The van der Waals surface area contributed by atoms with E-state index in [1.54, 1.807) is 20.1 Å². The van der Waals surface area contributed by atoms with Gasteiger partial charge in [0.2, 0.25) is 0 Å². The number of amides is 2. The molecule has 2 aliphatic heterocycles. The van der Waals surface area contributed by atoms with Crippen LogP contribution in [-0.4, -0.2) is 25.1 Å². The fourth-order valence-electron chi connectivity index (χ4n) is 8.04. The Morgan fingerprint density at radius 1 is 0.766 bits per heavy atom. The fourth-order valence-corrected chi connectivity index (χ4v) is 25.9. The molecule has 0 fully saturated rings. The number of hydrogen-bond donors (Lipinski definition) is 0. The summed E-state index contributed by atoms with van der Waals surface area (Å²) < 4.78 is 9.73. The standard InChI is InChI=1S/C40H51GeNO3S2/c1-8-11-13-14-15-16-20-41(24-29(10-3)17-12-9-2)31-22-27(6)46-37(31)38-32(41)23-33(47-38)36-35-34(28(7)45-36)39(43)42(40(35)44)30-19-18-25(4)26(5)21-30/h18-19,21-23,29H,8-17,20,24H2,1-7H3. The number of aryl methyl sites for hydroxylation is 4. The Bertz CT molecular complexity index is 1790. The molecule has 2 amide bonds. The first-order valence-corrected chi connectivity index (χ1v) is 24.7. The first-order valence-electron chi connectivity index (χ1n) is 18.0. The second-order valence-electron chi connectivity index (χ2n) is 14.1. The summed E-state index contributed by atoms with van der Waals surface area (Å²) in [5, 5.41) is 2.69. The van der Waals surface area contributed by atoms with E-state index in [0.29, 0.717) is 28.3 Å². The Kier molecular flexibility index (Phi) is 10.4. The third-order valence-corrected chi connectivity index (χ3v) is 25.1. The van der Waals surface area contributed by atoms with Crippen LogP contribution in [0.5, 0.6) is 0 Å². The van der Waals surface area contributed by atoms with Gasteiger partial charge in [-0.2, -0.15) is 0 Å². The Morgan fingerprint density at radius 2 is 1.45 bits per heavy atom. The van der Waals surface area contributed by atoms with Crippen molar-refractivity contribution >= 4 is 62.2 Å². The molecule has 6 rings (SSSR count). The first kappa shape index (κ1) is 34.4. The molecule has 0 saturated carbocycles. The molecule has 7 heteroatoms. The van der Waals surface area contributed by atoms with E-state index in [0.717, 1.165) is 21.9 Å². The van der Waals surface area contributed by atoms with Gasteiger partial charge in [0.1, 0.15) is 0 Å². The predicted molar refractivity (Wildman–Crippen MR) is 203 cm³/mol. The molecule has 250 valence electrons. The minimum atomic E-state index is -2.79. The number of carbonyl (C=O) groups is 2. The van der Waals surface area contributed by atoms with Crippen LogP contribution in [0.1, 0.15) is 127 Å². The SMILES string of the molecule is CCCCCCC[CH2][Ge]1([CH2]C(CC)CCCC)[c]2cc(C)sc2-c2sc(-c3oc(C)c4c3C(=O)N(c3ccc(C)c(C)c3)C4=O)c[c]21. The molecular weight excluding hydrogens is 679 g/mol. The molecule has 0 radical (unpaired) electrons. The van der Waals surface area contributed by atoms with Gasteiger partial charge in [0.25, 0.3) is 0 Å². The Balaban J connectivity index is 1.42. The summed E-state index contributed by atoms with van der Waals surface area (Å²) in [7, 11) is 0. The molecule has 0 saturated heterocycles. The molecule has 0 spiro atoms. The van der Waals surface area contributed by atoms with Crippen molar-refractivity contribution in [3.8, 4) is 20.4 Å². The summed E-state index contributed by atoms with van der Waals surface area (Å²) in [6.45, 7) is 15.2. The first-order chi connectivity index (χ1) is 22.6. The van der Waals surface area contributed by atoms with Crippen LogP contribution in [0.15, 0.2) is 34.7 Å². The monoisotopic (exact) mass is 731 g/mol. The summed E-state index contributed by atoms with van der Waals surface area (Å²) >= 11 is 0.969. The van der Waals surface area contributed by atoms with Gasteiger partial charge in [-0.15, -0.1) is 0 Å². The Morgan fingerprint density at radius 3 is 2.17 bits per heavy atom. The van der Waals surface area contributed by atoms with Crippen LogP contribution in [0.4, 0.5) is 5.69 Å². The molecule has 3 aromatic heterocycles. The molecule has 0 N–H and O–H groups in total. The van der Waals surface area contributed by atoms with E-state index in [4.69, 9.17) is 4.42 Å². The average Bonchev–Trinajstić information content (AvgIpc) is 3.83. The van der Waals surface area contributed by atoms with Gasteiger partial charge in [-0.05, 0) is 0 Å². The van der Waals surface area contributed by atoms with Gasteiger partial charge in [-0.1, -0.05) is 0 Å². The van der Waals surface area contributed by atoms with Gasteiger partial charge in [-0.3, -0.25) is 0 Å². The minimum absolute atomic E-state index is 0.271. The molecule has 0 bridgehead atoms. The molecule has 2 aliphatic rings. The molecule has 5 heterocycles. The molecule has 2 unspecified atom stereocenters. The number of hydrogen-bond acceptors (Lipinski definition) is 5. The third kappa shape index (κ3) is 6.16. The van der Waals surface area contributed by atoms with E-state index < -0.39 is 13.3 Å². The second-order valence-corrected chi connectivity index (χ2v) is 25.1. The third-order valence-electron chi connectivity index (χ3n) is 10.9. The number of benzene rings is 1. The van der Waals surface area contributed by atoms with Crippen molar-refractivity contribution in [2.75, 3.05) is 4.90 Å². The summed E-state index contributed by atoms with van der Waals surface area (Å²) in [6.07, 6.45) is 13.0. The van der Waals surface area contributed by atoms with Gasteiger partial charge in [0, 0.05) is 0 Å². The van der Waals surface area contributed by atoms with Crippen LogP contribution < -0.4 is 13.7 Å². The summed E-state index contributed by atoms with van der Waals surface area (Å²) in [5.74, 6) is 1.32. The Hall–Kier alpha value is -2.42. The van der Waals surface area contributed by atoms with Crippen LogP contribution >= 0.6 is 22.7 Å². The quantitative estimate of drug-likeness (QED) is 0.0695. The van der Waals surface area contributed by atoms with Crippen molar-refractivity contribution in [3.05, 3.63) is 63.2 Å². The van der Waals surface area contributed by atoms with Crippen LogP contribution in [0.3, 0.4) is 0 Å². The predicted octanol–water partition coefficient (Wildman–Crippen LogP) is 11.2. The van der Waals surface area contributed by atoms with Gasteiger partial charge in [0.05, 0.1) is 0 Å². The van der Waals surface area contributed by atoms with Crippen molar-refractivity contribution in [1.29, 1.82) is 0 Å². The van der Waals surface area contributed by atoms with E-state index in [2.05, 4.69) is 39.8 Å². The number of imide groups is 1. The molecular formula is C40H51GeNO3S2. The van der Waals surface area contributed by atoms with Crippen molar-refractivity contribution in [2.24, 2.45) is 5.92 Å². The van der Waals surface area contributed by atoms with Crippen molar-refractivity contribution in [3.63, 3.8) is 0 Å². The van der Waals surface area contributed by atoms with Crippen LogP contribution in [0.25, 0.3) is 20.4 Å². The fraction of sp³-hybridized carbons (Fsp3) is 0.500. The second kappa shape index (κ2) is 14.2. The number of carbonyl (C=O) groups excluding carboxylic acids is 2. The van der Waals surface area contributed by atoms with Gasteiger partial charge in [0.15, 0.2) is 0 Å². The van der Waals surface area contributed by atoms with Crippen LogP contribution in [0.2, 0.25) is 10.5 Å². The molecule has 0 aliphatic carbocycles. The zero-order valence-corrected chi connectivity index (χ0v) is 33.2. The van der Waals surface area contributed by atoms with E-state index in [1.807, 2.05) is 50.3 Å². The number of unbranched alkanes of at least 4 members (excludes halogenated alkanes) is 6. The van der Waals surface area contributed by atoms with E-state index in [-0.39, 0.29) is 11.8 Å². The van der Waals surface area contributed by atoms with E-state index in [9.17, 15) is 9.59 Å². The maximum absolute atomic E-state index is 14.1. The topological polar surface area (TPSA) is 50.5 Å². The number of fused-ring (bicyclic) bond motifs is 4. The van der Waals surface area contributed by atoms with Crippen molar-refractivity contribution in [1.82, 2.24) is 0 Å². The number of furan rings is 1. The Labute approximate surface area is 292 Å². The summed E-state index contributed by atoms with van der Waals surface area (Å²) in [4.78, 5) is 34.6. The summed E-state index contributed by atoms with van der Waals surface area (Å²) in [5.41, 5.74) is 3.69. The number of thiophene rings is 2. The van der Waals surface area contributed by atoms with E-state index in [1.165, 1.54) is 94.2 Å². The van der Waals surface area contributed by atoms with Gasteiger partial charge < -0.3 is 0 Å². The number of rotatable bonds is 15. The molecule has 4 nitrogen and oxygen atoms in total. The zero-order valence-electron chi connectivity index (χ0n) is 29.4. The average molecular weight is 731 g/mol. The maximum atomic E-state index is 14.1. The number of nitrogens with zero attached hydrogens (tertiary/aromatic N) is 1. The van der Waals surface area contributed by atoms with Crippen molar-refractivity contribution < 1.29 is 14.0 Å². The molecule has 4 aromatic rings. The molecule has 47 heavy (non-hydrogen) atoms. The zero-order chi connectivity index (χ0) is 33.5. The number of anilines is 1. The summed E-state index contributed by atoms with van der Waals surface area (Å²) in [6, 6.07) is 10.8. The molecule has 2 atom stereocenters. The normalized spacial score (nSPS) is 17.5. The van der Waals surface area contributed by atoms with Crippen molar-refractivity contribution in [2.45, 2.75) is 123 Å². The van der Waals surface area contributed by atoms with Crippen LogP contribution in [-0.2, 0) is 0 Å². The van der Waals surface area contributed by atoms with Crippen LogP contribution in [0, 0.1) is 33.6 Å². The van der Waals surface area contributed by atoms with E-state index >= 15 is 0 Å².